The van der Waals surface area contributed by atoms with Gasteiger partial charge in [0.2, 0.25) is 5.91 Å². The van der Waals surface area contributed by atoms with Crippen LogP contribution in [0.25, 0.3) is 0 Å². The zero-order valence-corrected chi connectivity index (χ0v) is 5.89. The van der Waals surface area contributed by atoms with Crippen LogP contribution in [0.5, 0.6) is 0 Å². The Balaban J connectivity index is 2.23. The van der Waals surface area contributed by atoms with Gasteiger partial charge in [0.25, 0.3) is 0 Å². The van der Waals surface area contributed by atoms with Gasteiger partial charge in [-0.2, -0.15) is 5.10 Å². The molecule has 0 fully saturated rings. The Morgan fingerprint density at radius 1 is 1.80 bits per heavy atom. The monoisotopic (exact) mass is 142 g/mol. The first-order chi connectivity index (χ1) is 4.83. The molecule has 0 aromatic carbocycles. The van der Waals surface area contributed by atoms with Crippen LogP contribution in [0, 0.1) is 0 Å². The Morgan fingerprint density at radius 2 is 2.60 bits per heavy atom. The van der Waals surface area contributed by atoms with Gasteiger partial charge in [0.15, 0.2) is 0 Å². The minimum atomic E-state index is -0.0466. The van der Waals surface area contributed by atoms with E-state index >= 15 is 0 Å². The Hall–Kier alpha value is -0.900. The van der Waals surface area contributed by atoms with Crippen molar-refractivity contribution in [3.05, 3.63) is 0 Å². The Bertz CT molecular complexity index is 165. The molecule has 0 radical (unpaired) electrons. The summed E-state index contributed by atoms with van der Waals surface area (Å²) in [4.78, 5) is 10.5. The summed E-state index contributed by atoms with van der Waals surface area (Å²) < 4.78 is 5.04. The predicted octanol–water partition coefficient (Wildman–Crippen LogP) is -0.101. The Morgan fingerprint density at radius 3 is 3.10 bits per heavy atom. The number of carbonyl (C=O) groups is 1. The number of nitrogens with zero attached hydrogens (tertiary/aromatic N) is 1. The third-order valence-corrected chi connectivity index (χ3v) is 1.18. The zero-order valence-electron chi connectivity index (χ0n) is 5.89. The predicted molar refractivity (Wildman–Crippen MR) is 36.7 cm³/mol. The van der Waals surface area contributed by atoms with Gasteiger partial charge in [-0.25, -0.2) is 5.43 Å². The fraction of sp³-hybridized carbons (Fsp3) is 0.667. The van der Waals surface area contributed by atoms with Gasteiger partial charge in [0, 0.05) is 6.61 Å². The molecule has 0 saturated heterocycles. The molecule has 4 heteroatoms. The van der Waals surface area contributed by atoms with E-state index in [2.05, 4.69) is 10.5 Å². The lowest BCUT2D eigenvalue weighted by atomic mass is 10.3. The number of rotatable bonds is 3. The van der Waals surface area contributed by atoms with Crippen molar-refractivity contribution in [1.29, 1.82) is 0 Å². The molecule has 0 unspecified atom stereocenters. The third kappa shape index (κ3) is 1.80. The van der Waals surface area contributed by atoms with Crippen molar-refractivity contribution in [2.75, 3.05) is 13.2 Å². The molecule has 1 heterocycles. The molecule has 0 saturated carbocycles. The van der Waals surface area contributed by atoms with E-state index in [4.69, 9.17) is 4.74 Å². The maximum absolute atomic E-state index is 10.5. The van der Waals surface area contributed by atoms with Gasteiger partial charge < -0.3 is 4.74 Å². The minimum absolute atomic E-state index is 0.0466. The van der Waals surface area contributed by atoms with Crippen LogP contribution >= 0.6 is 0 Å². The van der Waals surface area contributed by atoms with Crippen molar-refractivity contribution in [1.82, 2.24) is 5.43 Å². The van der Waals surface area contributed by atoms with E-state index in [1.54, 1.807) is 0 Å². The molecule has 0 bridgehead atoms. The van der Waals surface area contributed by atoms with E-state index in [9.17, 15) is 4.79 Å². The highest BCUT2D eigenvalue weighted by atomic mass is 16.5. The van der Waals surface area contributed by atoms with E-state index in [0.717, 1.165) is 5.71 Å². The molecule has 0 aliphatic carbocycles. The first kappa shape index (κ1) is 7.21. The number of ether oxygens (including phenoxy) is 1. The molecule has 1 aliphatic rings. The fourth-order valence-corrected chi connectivity index (χ4v) is 0.709. The summed E-state index contributed by atoms with van der Waals surface area (Å²) in [6, 6.07) is 0. The molecule has 0 aromatic rings. The molecule has 4 nitrogen and oxygen atoms in total. The Kier molecular flexibility index (Phi) is 2.39. The van der Waals surface area contributed by atoms with Crippen LogP contribution in [0.2, 0.25) is 0 Å². The summed E-state index contributed by atoms with van der Waals surface area (Å²) >= 11 is 0. The van der Waals surface area contributed by atoms with Gasteiger partial charge in [-0.1, -0.05) is 0 Å². The maximum Gasteiger partial charge on any atom is 0.245 e. The van der Waals surface area contributed by atoms with Crippen molar-refractivity contribution in [2.24, 2.45) is 5.10 Å². The summed E-state index contributed by atoms with van der Waals surface area (Å²) in [5.74, 6) is -0.0466. The van der Waals surface area contributed by atoms with Crippen LogP contribution in [0.3, 0.4) is 0 Å². The van der Waals surface area contributed by atoms with E-state index in [-0.39, 0.29) is 5.91 Å². The molecule has 0 spiro atoms. The van der Waals surface area contributed by atoms with Crippen molar-refractivity contribution >= 4 is 11.6 Å². The summed E-state index contributed by atoms with van der Waals surface area (Å²) in [5.41, 5.74) is 3.13. The lowest BCUT2D eigenvalue weighted by molar-refractivity contribution is -0.119. The highest BCUT2D eigenvalue weighted by molar-refractivity contribution is 6.05. The molecule has 0 aromatic heterocycles. The number of nitrogens with one attached hydrogen (secondary N) is 1. The summed E-state index contributed by atoms with van der Waals surface area (Å²) in [7, 11) is 0. The van der Waals surface area contributed by atoms with E-state index in [0.29, 0.717) is 19.6 Å². The number of hydrogen-bond donors (Lipinski definition) is 1. The fourth-order valence-electron chi connectivity index (χ4n) is 0.709. The van der Waals surface area contributed by atoms with E-state index in [1.165, 1.54) is 0 Å². The smallest absolute Gasteiger partial charge is 0.245 e. The summed E-state index contributed by atoms with van der Waals surface area (Å²) in [6.45, 7) is 3.03. The number of carbonyl (C=O) groups excluding carboxylic acids is 1. The van der Waals surface area contributed by atoms with Crippen LogP contribution < -0.4 is 5.43 Å². The lowest BCUT2D eigenvalue weighted by Crippen LogP contribution is -2.10. The van der Waals surface area contributed by atoms with Crippen LogP contribution in [-0.2, 0) is 9.53 Å². The molecular formula is C6H10N2O2. The second kappa shape index (κ2) is 3.31. The number of hydrazone groups is 1. The number of amides is 1. The molecular weight excluding hydrogens is 132 g/mol. The lowest BCUT2D eigenvalue weighted by Gasteiger charge is -1.95. The largest absolute Gasteiger partial charge is 0.376 e. The summed E-state index contributed by atoms with van der Waals surface area (Å²) in [5, 5.41) is 3.75. The number of hydrogen-bond acceptors (Lipinski definition) is 3. The van der Waals surface area contributed by atoms with Crippen LogP contribution in [0.1, 0.15) is 13.3 Å². The van der Waals surface area contributed by atoms with Crippen molar-refractivity contribution in [2.45, 2.75) is 13.3 Å². The highest BCUT2D eigenvalue weighted by Gasteiger charge is 2.13. The van der Waals surface area contributed by atoms with Gasteiger partial charge in [-0.15, -0.1) is 0 Å². The topological polar surface area (TPSA) is 50.7 Å². The van der Waals surface area contributed by atoms with Gasteiger partial charge >= 0.3 is 0 Å². The van der Waals surface area contributed by atoms with Crippen LogP contribution in [0.15, 0.2) is 5.10 Å². The average Bonchev–Trinajstić information content (AvgIpc) is 2.31. The molecule has 1 N–H and O–H groups in total. The zero-order chi connectivity index (χ0) is 7.40. The minimum Gasteiger partial charge on any atom is -0.376 e. The van der Waals surface area contributed by atoms with Crippen molar-refractivity contribution in [3.63, 3.8) is 0 Å². The SMILES string of the molecule is CCOCC1=NNC(=O)C1. The molecule has 56 valence electrons. The van der Waals surface area contributed by atoms with Crippen LogP contribution in [-0.4, -0.2) is 24.8 Å². The Labute approximate surface area is 59.2 Å². The summed E-state index contributed by atoms with van der Waals surface area (Å²) in [6.07, 6.45) is 0.389. The normalized spacial score (nSPS) is 16.9. The third-order valence-electron chi connectivity index (χ3n) is 1.18. The first-order valence-electron chi connectivity index (χ1n) is 3.25. The van der Waals surface area contributed by atoms with E-state index in [1.807, 2.05) is 6.92 Å². The molecule has 1 rings (SSSR count). The quantitative estimate of drug-likeness (QED) is 0.598. The second-order valence-corrected chi connectivity index (χ2v) is 2.03. The van der Waals surface area contributed by atoms with Gasteiger partial charge in [0.1, 0.15) is 0 Å². The second-order valence-electron chi connectivity index (χ2n) is 2.03. The standard InChI is InChI=1S/C6H10N2O2/c1-2-10-4-5-3-6(9)8-7-5/h2-4H2,1H3,(H,8,9). The van der Waals surface area contributed by atoms with Gasteiger partial charge in [-0.3, -0.25) is 4.79 Å². The van der Waals surface area contributed by atoms with E-state index < -0.39 is 0 Å². The molecule has 10 heavy (non-hydrogen) atoms. The van der Waals surface area contributed by atoms with Crippen LogP contribution in [0.4, 0.5) is 0 Å². The van der Waals surface area contributed by atoms with Crippen molar-refractivity contribution < 1.29 is 9.53 Å². The highest BCUT2D eigenvalue weighted by Crippen LogP contribution is 1.95. The van der Waals surface area contributed by atoms with Gasteiger partial charge in [-0.05, 0) is 6.92 Å². The van der Waals surface area contributed by atoms with Gasteiger partial charge in [0.05, 0.1) is 18.7 Å². The maximum atomic E-state index is 10.5. The van der Waals surface area contributed by atoms with Crippen molar-refractivity contribution in [3.8, 4) is 0 Å². The molecule has 0 atom stereocenters. The average molecular weight is 142 g/mol. The molecule has 1 aliphatic heterocycles. The first-order valence-corrected chi connectivity index (χ1v) is 3.25. The molecule has 1 amide bonds.